The molecule has 1 nitrogen and oxygen atoms in total. The average Bonchev–Trinajstić information content (AvgIpc) is 3.49. The van der Waals surface area contributed by atoms with Gasteiger partial charge in [0.25, 0.3) is 0 Å². The van der Waals surface area contributed by atoms with Crippen molar-refractivity contribution in [3.8, 4) is 0 Å². The van der Waals surface area contributed by atoms with Crippen LogP contribution in [0, 0.1) is 29.1 Å². The molecular formula is C27H41BrClN. The van der Waals surface area contributed by atoms with Crippen LogP contribution < -0.4 is 0 Å². The van der Waals surface area contributed by atoms with Gasteiger partial charge in [0.15, 0.2) is 0 Å². The Morgan fingerprint density at radius 3 is 2.63 bits per heavy atom. The predicted octanol–water partition coefficient (Wildman–Crippen LogP) is 9.58. The van der Waals surface area contributed by atoms with Crippen molar-refractivity contribution in [3.05, 3.63) is 32.4 Å². The number of halogens is 2. The van der Waals surface area contributed by atoms with E-state index in [1.54, 1.807) is 0 Å². The molecule has 0 spiro atoms. The summed E-state index contributed by atoms with van der Waals surface area (Å²) < 4.78 is 1.41. The summed E-state index contributed by atoms with van der Waals surface area (Å²) in [5, 5.41) is 1.12. The van der Waals surface area contributed by atoms with Crippen LogP contribution in [0.5, 0.6) is 0 Å². The predicted molar refractivity (Wildman–Crippen MR) is 136 cm³/mol. The molecule has 2 saturated carbocycles. The van der Waals surface area contributed by atoms with Gasteiger partial charge in [0, 0.05) is 21.1 Å². The summed E-state index contributed by atoms with van der Waals surface area (Å²) in [6, 6.07) is 0. The highest BCUT2D eigenvalue weighted by molar-refractivity contribution is 9.11. The van der Waals surface area contributed by atoms with E-state index in [0.717, 1.165) is 41.5 Å². The Hall–Kier alpha value is -0.340. The lowest BCUT2D eigenvalue weighted by Crippen LogP contribution is -2.26. The van der Waals surface area contributed by atoms with E-state index in [1.807, 2.05) is 0 Å². The molecule has 3 heteroatoms. The summed E-state index contributed by atoms with van der Waals surface area (Å²) in [6.07, 6.45) is 16.6. The second-order valence-corrected chi connectivity index (χ2v) is 11.5. The van der Waals surface area contributed by atoms with Gasteiger partial charge in [-0.25, -0.2) is 0 Å². The molecule has 4 unspecified atom stereocenters. The molecule has 168 valence electrons. The molecule has 0 aromatic heterocycles. The lowest BCUT2D eigenvalue weighted by Gasteiger charge is -2.35. The topological polar surface area (TPSA) is 12.4 Å². The lowest BCUT2D eigenvalue weighted by molar-refractivity contribution is 0.210. The SMILES string of the molecule is CCC(Cl)=C1CCC(C(C)C23CC2CC(C)=C(N=CCCC(C)CC)C=C3Br)CC1. The monoisotopic (exact) mass is 493 g/mol. The summed E-state index contributed by atoms with van der Waals surface area (Å²) in [6.45, 7) is 11.6. The molecule has 2 fully saturated rings. The van der Waals surface area contributed by atoms with Crippen molar-refractivity contribution in [2.24, 2.45) is 34.1 Å². The Bertz CT molecular complexity index is 736. The second-order valence-electron chi connectivity index (χ2n) is 10.2. The zero-order chi connectivity index (χ0) is 21.9. The van der Waals surface area contributed by atoms with Crippen molar-refractivity contribution in [1.29, 1.82) is 0 Å². The van der Waals surface area contributed by atoms with Crippen molar-refractivity contribution in [2.75, 3.05) is 0 Å². The highest BCUT2D eigenvalue weighted by Crippen LogP contribution is 2.69. The fraction of sp³-hybridized carbons (Fsp3) is 0.741. The molecule has 4 atom stereocenters. The van der Waals surface area contributed by atoms with E-state index in [0.29, 0.717) is 5.41 Å². The third-order valence-corrected chi connectivity index (χ3v) is 9.92. The van der Waals surface area contributed by atoms with Gasteiger partial charge >= 0.3 is 0 Å². The first-order chi connectivity index (χ1) is 14.3. The van der Waals surface area contributed by atoms with Gasteiger partial charge in [-0.05, 0) is 100 Å². The van der Waals surface area contributed by atoms with Gasteiger partial charge in [-0.2, -0.15) is 0 Å². The van der Waals surface area contributed by atoms with E-state index in [1.165, 1.54) is 72.7 Å². The molecule has 3 aliphatic carbocycles. The molecule has 0 N–H and O–H groups in total. The quantitative estimate of drug-likeness (QED) is 0.298. The van der Waals surface area contributed by atoms with Crippen LogP contribution in [0.1, 0.15) is 98.8 Å². The maximum Gasteiger partial charge on any atom is 0.0623 e. The number of allylic oxidation sites excluding steroid dienone is 5. The highest BCUT2D eigenvalue weighted by Gasteiger charge is 2.60. The van der Waals surface area contributed by atoms with Crippen LogP contribution in [0.2, 0.25) is 0 Å². The summed E-state index contributed by atoms with van der Waals surface area (Å²) in [4.78, 5) is 4.91. The number of rotatable bonds is 8. The van der Waals surface area contributed by atoms with Crippen LogP contribution in [-0.4, -0.2) is 6.21 Å². The van der Waals surface area contributed by atoms with Gasteiger partial charge in [-0.1, -0.05) is 67.2 Å². The van der Waals surface area contributed by atoms with Gasteiger partial charge in [0.2, 0.25) is 0 Å². The van der Waals surface area contributed by atoms with Crippen LogP contribution >= 0.6 is 27.5 Å². The molecule has 0 aromatic rings. The molecule has 3 rings (SSSR count). The van der Waals surface area contributed by atoms with Crippen LogP contribution in [0.25, 0.3) is 0 Å². The summed E-state index contributed by atoms with van der Waals surface area (Å²) >= 11 is 10.5. The molecule has 0 aromatic carbocycles. The van der Waals surface area contributed by atoms with E-state index in [2.05, 4.69) is 62.8 Å². The van der Waals surface area contributed by atoms with E-state index < -0.39 is 0 Å². The van der Waals surface area contributed by atoms with Gasteiger partial charge < -0.3 is 0 Å². The average molecular weight is 495 g/mol. The van der Waals surface area contributed by atoms with Gasteiger partial charge in [-0.15, -0.1) is 0 Å². The number of hydrogen-bond donors (Lipinski definition) is 0. The standard InChI is InChI=1S/C27H41BrClN/c1-6-18(3)9-8-14-30-25-16-26(28)27(17-23(27)15-19(25)4)20(5)21-10-12-22(13-11-21)24(29)7-2/h14,16,18,20-21,23H,6-13,15,17H2,1-5H3. The minimum Gasteiger partial charge on any atom is -0.261 e. The smallest absolute Gasteiger partial charge is 0.0623 e. The molecule has 0 bridgehead atoms. The van der Waals surface area contributed by atoms with Crippen molar-refractivity contribution < 1.29 is 0 Å². The first kappa shape index (κ1) is 24.3. The van der Waals surface area contributed by atoms with Crippen LogP contribution in [0.3, 0.4) is 0 Å². The number of nitrogens with zero attached hydrogens (tertiary/aromatic N) is 1. The van der Waals surface area contributed by atoms with Gasteiger partial charge in [-0.3, -0.25) is 4.99 Å². The first-order valence-corrected chi connectivity index (χ1v) is 13.5. The zero-order valence-electron chi connectivity index (χ0n) is 19.7. The number of hydrogen-bond acceptors (Lipinski definition) is 1. The normalized spacial score (nSPS) is 31.3. The lowest BCUT2D eigenvalue weighted by atomic mass is 9.71. The maximum atomic E-state index is 6.45. The Morgan fingerprint density at radius 2 is 2.00 bits per heavy atom. The minimum atomic E-state index is 0.343. The first-order valence-electron chi connectivity index (χ1n) is 12.3. The second kappa shape index (κ2) is 10.5. The minimum absolute atomic E-state index is 0.343. The summed E-state index contributed by atoms with van der Waals surface area (Å²) in [5.74, 6) is 3.10. The molecule has 0 amide bonds. The molecule has 3 aliphatic rings. The Balaban J connectivity index is 1.67. The van der Waals surface area contributed by atoms with Crippen LogP contribution in [0.15, 0.2) is 37.4 Å². The van der Waals surface area contributed by atoms with Crippen molar-refractivity contribution in [3.63, 3.8) is 0 Å². The fourth-order valence-electron chi connectivity index (χ4n) is 5.83. The van der Waals surface area contributed by atoms with E-state index in [4.69, 9.17) is 16.6 Å². The summed E-state index contributed by atoms with van der Waals surface area (Å²) in [5.41, 5.74) is 4.53. The molecule has 0 heterocycles. The number of aliphatic imine (C=N–C) groups is 1. The Labute approximate surface area is 198 Å². The van der Waals surface area contributed by atoms with E-state index in [9.17, 15) is 0 Å². The van der Waals surface area contributed by atoms with E-state index in [-0.39, 0.29) is 0 Å². The van der Waals surface area contributed by atoms with Gasteiger partial charge in [0.1, 0.15) is 0 Å². The largest absolute Gasteiger partial charge is 0.261 e. The van der Waals surface area contributed by atoms with E-state index >= 15 is 0 Å². The maximum absolute atomic E-state index is 6.45. The molecule has 0 aliphatic heterocycles. The zero-order valence-corrected chi connectivity index (χ0v) is 22.1. The summed E-state index contributed by atoms with van der Waals surface area (Å²) in [7, 11) is 0. The molecular weight excluding hydrogens is 454 g/mol. The molecule has 0 radical (unpaired) electrons. The van der Waals surface area contributed by atoms with Crippen LogP contribution in [-0.2, 0) is 0 Å². The fourth-order valence-corrected chi connectivity index (χ4v) is 7.08. The van der Waals surface area contributed by atoms with Crippen molar-refractivity contribution in [2.45, 2.75) is 98.8 Å². The molecule has 30 heavy (non-hydrogen) atoms. The third kappa shape index (κ3) is 5.17. The Morgan fingerprint density at radius 1 is 1.30 bits per heavy atom. The third-order valence-electron chi connectivity index (χ3n) is 8.41. The van der Waals surface area contributed by atoms with Crippen LogP contribution in [0.4, 0.5) is 0 Å². The number of fused-ring (bicyclic) bond motifs is 1. The van der Waals surface area contributed by atoms with Crippen molar-refractivity contribution >= 4 is 33.7 Å². The van der Waals surface area contributed by atoms with Crippen molar-refractivity contribution in [1.82, 2.24) is 0 Å². The molecule has 0 saturated heterocycles. The Kier molecular flexibility index (Phi) is 8.52. The highest BCUT2D eigenvalue weighted by atomic mass is 79.9. The van der Waals surface area contributed by atoms with Gasteiger partial charge in [0.05, 0.1) is 5.70 Å².